The zero-order valence-corrected chi connectivity index (χ0v) is 16.4. The van der Waals surface area contributed by atoms with Gasteiger partial charge in [-0.1, -0.05) is 0 Å². The Morgan fingerprint density at radius 3 is 1.93 bits per heavy atom. The topological polar surface area (TPSA) is 76.1 Å². The molecule has 3 rings (SSSR count). The van der Waals surface area contributed by atoms with Crippen LogP contribution in [0.3, 0.4) is 0 Å². The van der Waals surface area contributed by atoms with E-state index in [9.17, 15) is 4.79 Å². The lowest BCUT2D eigenvalue weighted by molar-refractivity contribution is 0.101. The minimum atomic E-state index is -0.159. The number of carbonyl (C=O) groups excluding carboxylic acids is 1. The SMILES string of the molecule is COc1cc(Oc2ccnc3cc(OC)c(OC)cc23)c(C(C)=O)cc1OC. The Bertz CT molecular complexity index is 1030. The summed E-state index contributed by atoms with van der Waals surface area (Å²) in [6, 6.07) is 8.49. The van der Waals surface area contributed by atoms with Crippen LogP contribution in [0.1, 0.15) is 17.3 Å². The predicted octanol–water partition coefficient (Wildman–Crippen LogP) is 4.26. The molecular weight excluding hydrogens is 362 g/mol. The second kappa shape index (κ2) is 8.04. The van der Waals surface area contributed by atoms with E-state index in [1.165, 1.54) is 21.1 Å². The molecule has 0 bridgehead atoms. The van der Waals surface area contributed by atoms with Crippen molar-refractivity contribution in [1.82, 2.24) is 4.98 Å². The Kier molecular flexibility index (Phi) is 5.54. The molecule has 1 heterocycles. The number of ether oxygens (including phenoxy) is 5. The molecule has 0 amide bonds. The monoisotopic (exact) mass is 383 g/mol. The fourth-order valence-corrected chi connectivity index (χ4v) is 2.87. The summed E-state index contributed by atoms with van der Waals surface area (Å²) in [6.45, 7) is 1.46. The van der Waals surface area contributed by atoms with Crippen molar-refractivity contribution in [2.45, 2.75) is 6.92 Å². The van der Waals surface area contributed by atoms with Gasteiger partial charge in [0, 0.05) is 23.7 Å². The quantitative estimate of drug-likeness (QED) is 0.564. The Morgan fingerprint density at radius 1 is 0.750 bits per heavy atom. The maximum atomic E-state index is 12.1. The van der Waals surface area contributed by atoms with Crippen molar-refractivity contribution in [1.29, 1.82) is 0 Å². The van der Waals surface area contributed by atoms with Crippen LogP contribution < -0.4 is 23.7 Å². The zero-order chi connectivity index (χ0) is 20.3. The van der Waals surface area contributed by atoms with E-state index in [1.54, 1.807) is 50.7 Å². The van der Waals surface area contributed by atoms with Crippen LogP contribution in [0.2, 0.25) is 0 Å². The summed E-state index contributed by atoms with van der Waals surface area (Å²) >= 11 is 0. The minimum Gasteiger partial charge on any atom is -0.493 e. The average Bonchev–Trinajstić information content (AvgIpc) is 2.72. The van der Waals surface area contributed by atoms with E-state index in [-0.39, 0.29) is 5.78 Å². The highest BCUT2D eigenvalue weighted by atomic mass is 16.5. The highest BCUT2D eigenvalue weighted by molar-refractivity contribution is 5.98. The van der Waals surface area contributed by atoms with Crippen LogP contribution in [0.25, 0.3) is 10.9 Å². The van der Waals surface area contributed by atoms with Gasteiger partial charge >= 0.3 is 0 Å². The van der Waals surface area contributed by atoms with Gasteiger partial charge in [-0.05, 0) is 25.1 Å². The Morgan fingerprint density at radius 2 is 1.32 bits per heavy atom. The van der Waals surface area contributed by atoms with Gasteiger partial charge < -0.3 is 23.7 Å². The number of ketones is 1. The van der Waals surface area contributed by atoms with Gasteiger partial charge in [-0.2, -0.15) is 0 Å². The first-order valence-corrected chi connectivity index (χ1v) is 8.48. The van der Waals surface area contributed by atoms with Crippen LogP contribution in [0, 0.1) is 0 Å². The third-order valence-electron chi connectivity index (χ3n) is 4.29. The molecule has 0 N–H and O–H groups in total. The maximum Gasteiger partial charge on any atom is 0.164 e. The molecule has 3 aromatic rings. The maximum absolute atomic E-state index is 12.1. The Balaban J connectivity index is 2.16. The molecule has 0 saturated carbocycles. The number of pyridine rings is 1. The van der Waals surface area contributed by atoms with Gasteiger partial charge in [-0.25, -0.2) is 0 Å². The molecule has 7 nitrogen and oxygen atoms in total. The lowest BCUT2D eigenvalue weighted by Gasteiger charge is -2.16. The van der Waals surface area contributed by atoms with Crippen LogP contribution in [0.4, 0.5) is 0 Å². The Hall–Kier alpha value is -3.48. The number of hydrogen-bond donors (Lipinski definition) is 0. The molecule has 0 unspecified atom stereocenters. The number of methoxy groups -OCH3 is 4. The van der Waals surface area contributed by atoms with E-state index >= 15 is 0 Å². The first kappa shape index (κ1) is 19.3. The number of Topliss-reactive ketones (excluding diaryl/α,β-unsaturated/α-hetero) is 1. The molecule has 1 aromatic heterocycles. The van der Waals surface area contributed by atoms with Crippen LogP contribution >= 0.6 is 0 Å². The molecule has 0 radical (unpaired) electrons. The van der Waals surface area contributed by atoms with Crippen molar-refractivity contribution in [3.63, 3.8) is 0 Å². The summed E-state index contributed by atoms with van der Waals surface area (Å²) in [4.78, 5) is 16.5. The summed E-state index contributed by atoms with van der Waals surface area (Å²) in [5.74, 6) is 2.73. The van der Waals surface area contributed by atoms with Gasteiger partial charge in [0.25, 0.3) is 0 Å². The van der Waals surface area contributed by atoms with Crippen molar-refractivity contribution in [3.05, 3.63) is 42.1 Å². The van der Waals surface area contributed by atoms with Crippen LogP contribution in [0.15, 0.2) is 36.5 Å². The van der Waals surface area contributed by atoms with E-state index in [4.69, 9.17) is 23.7 Å². The Labute approximate surface area is 162 Å². The average molecular weight is 383 g/mol. The molecule has 2 aromatic carbocycles. The first-order valence-electron chi connectivity index (χ1n) is 8.48. The molecule has 0 aliphatic heterocycles. The second-order valence-corrected chi connectivity index (χ2v) is 5.90. The van der Waals surface area contributed by atoms with Gasteiger partial charge in [0.1, 0.15) is 11.5 Å². The van der Waals surface area contributed by atoms with Crippen LogP contribution in [-0.4, -0.2) is 39.2 Å². The minimum absolute atomic E-state index is 0.159. The molecule has 146 valence electrons. The summed E-state index contributed by atoms with van der Waals surface area (Å²) in [7, 11) is 6.15. The fraction of sp³-hybridized carbons (Fsp3) is 0.238. The van der Waals surface area contributed by atoms with Crippen molar-refractivity contribution in [3.8, 4) is 34.5 Å². The second-order valence-electron chi connectivity index (χ2n) is 5.90. The zero-order valence-electron chi connectivity index (χ0n) is 16.4. The molecule has 0 aliphatic rings. The van der Waals surface area contributed by atoms with Crippen molar-refractivity contribution in [2.24, 2.45) is 0 Å². The summed E-state index contributed by atoms with van der Waals surface area (Å²) in [6.07, 6.45) is 1.62. The number of nitrogens with zero attached hydrogens (tertiary/aromatic N) is 1. The number of hydrogen-bond acceptors (Lipinski definition) is 7. The summed E-state index contributed by atoms with van der Waals surface area (Å²) < 4.78 is 27.4. The molecular formula is C21H21NO6. The third-order valence-corrected chi connectivity index (χ3v) is 4.29. The van der Waals surface area contributed by atoms with Gasteiger partial charge in [0.15, 0.2) is 28.8 Å². The van der Waals surface area contributed by atoms with Gasteiger partial charge in [-0.15, -0.1) is 0 Å². The van der Waals surface area contributed by atoms with E-state index < -0.39 is 0 Å². The summed E-state index contributed by atoms with van der Waals surface area (Å²) in [5.41, 5.74) is 1.04. The van der Waals surface area contributed by atoms with Crippen molar-refractivity contribution >= 4 is 16.7 Å². The standard InChI is InChI=1S/C21H21NO6/c1-12(23)13-8-18(24-2)21(27-5)11-17(13)28-16-6-7-22-15-10-20(26-4)19(25-3)9-14(15)16/h6-11H,1-5H3. The smallest absolute Gasteiger partial charge is 0.164 e. The molecule has 0 saturated heterocycles. The number of aromatic nitrogens is 1. The molecule has 0 atom stereocenters. The lowest BCUT2D eigenvalue weighted by atomic mass is 10.1. The normalized spacial score (nSPS) is 10.5. The molecule has 0 aliphatic carbocycles. The first-order chi connectivity index (χ1) is 13.5. The highest BCUT2D eigenvalue weighted by Gasteiger charge is 2.18. The molecule has 7 heteroatoms. The fourth-order valence-electron chi connectivity index (χ4n) is 2.87. The third kappa shape index (κ3) is 3.51. The van der Waals surface area contributed by atoms with E-state index in [2.05, 4.69) is 4.98 Å². The van der Waals surface area contributed by atoms with E-state index in [0.717, 1.165) is 0 Å². The number of fused-ring (bicyclic) bond motifs is 1. The van der Waals surface area contributed by atoms with Gasteiger partial charge in [0.2, 0.25) is 0 Å². The van der Waals surface area contributed by atoms with Gasteiger partial charge in [-0.3, -0.25) is 9.78 Å². The molecule has 28 heavy (non-hydrogen) atoms. The molecule has 0 fully saturated rings. The van der Waals surface area contributed by atoms with E-state index in [0.29, 0.717) is 51.0 Å². The van der Waals surface area contributed by atoms with Crippen LogP contribution in [-0.2, 0) is 0 Å². The van der Waals surface area contributed by atoms with E-state index in [1.807, 2.05) is 0 Å². The number of rotatable bonds is 7. The van der Waals surface area contributed by atoms with Crippen molar-refractivity contribution in [2.75, 3.05) is 28.4 Å². The van der Waals surface area contributed by atoms with Crippen LogP contribution in [0.5, 0.6) is 34.5 Å². The lowest BCUT2D eigenvalue weighted by Crippen LogP contribution is -2.01. The largest absolute Gasteiger partial charge is 0.493 e. The number of carbonyl (C=O) groups is 1. The van der Waals surface area contributed by atoms with Gasteiger partial charge in [0.05, 0.1) is 39.5 Å². The summed E-state index contributed by atoms with van der Waals surface area (Å²) in [5, 5.41) is 0.712. The predicted molar refractivity (Wildman–Crippen MR) is 104 cm³/mol. The van der Waals surface area contributed by atoms with Crippen molar-refractivity contribution < 1.29 is 28.5 Å². The highest BCUT2D eigenvalue weighted by Crippen LogP contribution is 2.40. The number of benzene rings is 2. The molecule has 0 spiro atoms.